The number of aryl methyl sites for hydroxylation is 2. The summed E-state index contributed by atoms with van der Waals surface area (Å²) in [6.07, 6.45) is 0. The van der Waals surface area contributed by atoms with Gasteiger partial charge in [0.15, 0.2) is 0 Å². The van der Waals surface area contributed by atoms with Crippen LogP contribution in [0.5, 0.6) is 0 Å². The molecule has 0 heterocycles. The first-order chi connectivity index (χ1) is 15.9. The normalized spacial score (nSPS) is 12.0. The number of halogens is 2. The van der Waals surface area contributed by atoms with Gasteiger partial charge >= 0.3 is 0 Å². The summed E-state index contributed by atoms with van der Waals surface area (Å²) in [6, 6.07) is 19.5. The Kier molecular flexibility index (Phi) is 8.73. The zero-order valence-corrected chi connectivity index (χ0v) is 22.3. The molecule has 0 saturated carbocycles. The van der Waals surface area contributed by atoms with E-state index < -0.39 is 0 Å². The molecule has 0 aromatic heterocycles. The molecule has 176 valence electrons. The second-order valence-electron chi connectivity index (χ2n) is 8.50. The molecular weight excluding hydrogens is 447 g/mol. The fourth-order valence-corrected chi connectivity index (χ4v) is 5.47. The molecule has 0 radical (unpaired) electrons. The Morgan fingerprint density at radius 3 is 1.67 bits per heavy atom. The molecule has 1 atom stereocenters. The van der Waals surface area contributed by atoms with E-state index in [4.69, 9.17) is 23.2 Å². The summed E-state index contributed by atoms with van der Waals surface area (Å²) < 4.78 is 0. The van der Waals surface area contributed by atoms with Crippen molar-refractivity contribution in [3.8, 4) is 0 Å². The van der Waals surface area contributed by atoms with Crippen molar-refractivity contribution >= 4 is 34.6 Å². The Morgan fingerprint density at radius 2 is 1.15 bits per heavy atom. The van der Waals surface area contributed by atoms with Crippen LogP contribution >= 0.6 is 23.2 Å². The Balaban J connectivity index is 2.23. The van der Waals surface area contributed by atoms with E-state index in [2.05, 4.69) is 106 Å². The molecule has 0 spiro atoms. The lowest BCUT2D eigenvalue weighted by molar-refractivity contribution is 0.860. The first-order valence-electron chi connectivity index (χ1n) is 12.0. The molecule has 3 aromatic rings. The number of rotatable bonds is 9. The minimum absolute atomic E-state index is 0.0392. The van der Waals surface area contributed by atoms with Crippen molar-refractivity contribution in [1.29, 1.82) is 0 Å². The fraction of sp³-hybridized carbons (Fsp3) is 0.379. The van der Waals surface area contributed by atoms with Crippen molar-refractivity contribution < 1.29 is 0 Å². The highest BCUT2D eigenvalue weighted by Crippen LogP contribution is 2.44. The van der Waals surface area contributed by atoms with Crippen LogP contribution in [0.25, 0.3) is 0 Å². The van der Waals surface area contributed by atoms with E-state index in [1.807, 2.05) is 0 Å². The molecule has 33 heavy (non-hydrogen) atoms. The average molecular weight is 484 g/mol. The van der Waals surface area contributed by atoms with Crippen molar-refractivity contribution in [2.75, 3.05) is 36.0 Å². The molecule has 3 aromatic carbocycles. The molecular formula is C29H36Cl2N2. The van der Waals surface area contributed by atoms with Crippen LogP contribution in [-0.2, 0) is 0 Å². The summed E-state index contributed by atoms with van der Waals surface area (Å²) >= 11 is 14.0. The molecule has 0 N–H and O–H groups in total. The van der Waals surface area contributed by atoms with Crippen molar-refractivity contribution in [1.82, 2.24) is 0 Å². The van der Waals surface area contributed by atoms with Gasteiger partial charge in [-0.25, -0.2) is 0 Å². The number of nitrogens with zero attached hydrogens (tertiary/aromatic N) is 2. The van der Waals surface area contributed by atoms with Gasteiger partial charge in [-0.3, -0.25) is 0 Å². The predicted octanol–water partition coefficient (Wildman–Crippen LogP) is 8.48. The first-order valence-corrected chi connectivity index (χ1v) is 12.8. The van der Waals surface area contributed by atoms with Crippen LogP contribution in [-0.4, -0.2) is 26.2 Å². The van der Waals surface area contributed by atoms with Gasteiger partial charge in [0.05, 0.1) is 0 Å². The summed E-state index contributed by atoms with van der Waals surface area (Å²) in [7, 11) is 0. The van der Waals surface area contributed by atoms with Gasteiger partial charge in [-0.2, -0.15) is 0 Å². The summed E-state index contributed by atoms with van der Waals surface area (Å²) in [6.45, 7) is 16.8. The molecule has 0 saturated heterocycles. The molecule has 3 rings (SSSR count). The van der Waals surface area contributed by atoms with Crippen LogP contribution in [0, 0.1) is 13.8 Å². The predicted molar refractivity (Wildman–Crippen MR) is 147 cm³/mol. The Hall–Kier alpha value is -2.16. The quantitative estimate of drug-likeness (QED) is 0.282. The number of hydrogen-bond donors (Lipinski definition) is 0. The lowest BCUT2D eigenvalue weighted by Gasteiger charge is -2.28. The second kappa shape index (κ2) is 11.3. The third-order valence-corrected chi connectivity index (χ3v) is 7.30. The van der Waals surface area contributed by atoms with Crippen LogP contribution < -0.4 is 9.80 Å². The molecule has 0 aliphatic heterocycles. The minimum Gasteiger partial charge on any atom is -0.372 e. The maximum Gasteiger partial charge on any atom is 0.0483 e. The van der Waals surface area contributed by atoms with E-state index in [-0.39, 0.29) is 5.92 Å². The van der Waals surface area contributed by atoms with Gasteiger partial charge in [-0.1, -0.05) is 53.5 Å². The van der Waals surface area contributed by atoms with Gasteiger partial charge in [0.2, 0.25) is 0 Å². The maximum absolute atomic E-state index is 7.00. The van der Waals surface area contributed by atoms with E-state index >= 15 is 0 Å². The highest BCUT2D eigenvalue weighted by Gasteiger charge is 2.26. The van der Waals surface area contributed by atoms with Crippen LogP contribution in [0.2, 0.25) is 10.0 Å². The minimum atomic E-state index is -0.0392. The van der Waals surface area contributed by atoms with Crippen molar-refractivity contribution in [3.63, 3.8) is 0 Å². The van der Waals surface area contributed by atoms with Crippen molar-refractivity contribution in [3.05, 3.63) is 92.5 Å². The van der Waals surface area contributed by atoms with Gasteiger partial charge in [-0.15, -0.1) is 0 Å². The molecule has 2 nitrogen and oxygen atoms in total. The van der Waals surface area contributed by atoms with Gasteiger partial charge in [-0.05, 0) is 88.1 Å². The van der Waals surface area contributed by atoms with Gasteiger partial charge in [0, 0.05) is 59.1 Å². The lowest BCUT2D eigenvalue weighted by atomic mass is 9.81. The Morgan fingerprint density at radius 1 is 0.636 bits per heavy atom. The summed E-state index contributed by atoms with van der Waals surface area (Å²) in [5, 5.41) is 1.43. The summed E-state index contributed by atoms with van der Waals surface area (Å²) in [5.41, 5.74) is 8.23. The standard InChI is InChI=1S/C29H36Cl2N2/c1-7-32(8-2)22-15-16-25(21(6)17-22)28(24-14-12-11-13-20(24)5)29-26(30)18-23(19-27(29)31)33(9-3)10-4/h11-19,28H,7-10H2,1-6H3. The third-order valence-electron chi connectivity index (χ3n) is 6.67. The third kappa shape index (κ3) is 5.34. The summed E-state index contributed by atoms with van der Waals surface area (Å²) in [5.74, 6) is -0.0392. The zero-order valence-electron chi connectivity index (χ0n) is 20.8. The van der Waals surface area contributed by atoms with E-state index in [0.717, 1.165) is 37.4 Å². The lowest BCUT2D eigenvalue weighted by Crippen LogP contribution is -2.22. The number of hydrogen-bond acceptors (Lipinski definition) is 2. The number of anilines is 2. The van der Waals surface area contributed by atoms with Crippen molar-refractivity contribution in [2.45, 2.75) is 47.5 Å². The molecule has 4 heteroatoms. The zero-order chi connectivity index (χ0) is 24.1. The largest absolute Gasteiger partial charge is 0.372 e. The molecule has 0 aliphatic carbocycles. The van der Waals surface area contributed by atoms with Crippen LogP contribution in [0.1, 0.15) is 61.4 Å². The van der Waals surface area contributed by atoms with Crippen LogP contribution in [0.3, 0.4) is 0 Å². The molecule has 0 bridgehead atoms. The molecule has 0 aliphatic rings. The summed E-state index contributed by atoms with van der Waals surface area (Å²) in [4.78, 5) is 4.65. The van der Waals surface area contributed by atoms with E-state index in [1.54, 1.807) is 0 Å². The molecule has 0 fully saturated rings. The van der Waals surface area contributed by atoms with Gasteiger partial charge in [0.25, 0.3) is 0 Å². The highest BCUT2D eigenvalue weighted by atomic mass is 35.5. The van der Waals surface area contributed by atoms with Gasteiger partial charge in [0.1, 0.15) is 0 Å². The van der Waals surface area contributed by atoms with Gasteiger partial charge < -0.3 is 9.80 Å². The maximum atomic E-state index is 7.00. The molecule has 0 amide bonds. The smallest absolute Gasteiger partial charge is 0.0483 e. The fourth-order valence-electron chi connectivity index (χ4n) is 4.78. The Bertz CT molecular complexity index is 1060. The average Bonchev–Trinajstić information content (AvgIpc) is 2.79. The SMILES string of the molecule is CCN(CC)c1ccc(C(c2ccccc2C)c2c(Cl)cc(N(CC)CC)cc2Cl)c(C)c1. The monoisotopic (exact) mass is 482 g/mol. The highest BCUT2D eigenvalue weighted by molar-refractivity contribution is 6.36. The van der Waals surface area contributed by atoms with E-state index in [9.17, 15) is 0 Å². The van der Waals surface area contributed by atoms with E-state index in [1.165, 1.54) is 27.9 Å². The molecule has 1 unspecified atom stereocenters. The van der Waals surface area contributed by atoms with E-state index in [0.29, 0.717) is 10.0 Å². The van der Waals surface area contributed by atoms with Crippen LogP contribution in [0.4, 0.5) is 11.4 Å². The Labute approximate surface area is 210 Å². The first kappa shape index (κ1) is 25.5. The topological polar surface area (TPSA) is 6.48 Å². The second-order valence-corrected chi connectivity index (χ2v) is 9.31. The number of benzene rings is 3. The van der Waals surface area contributed by atoms with Crippen molar-refractivity contribution in [2.24, 2.45) is 0 Å². The van der Waals surface area contributed by atoms with Crippen LogP contribution in [0.15, 0.2) is 54.6 Å².